The molecule has 106 heavy (non-hydrogen) atoms. The first-order valence-corrected chi connectivity index (χ1v) is 34.2. The summed E-state index contributed by atoms with van der Waals surface area (Å²) in [5, 5.41) is 63.4. The summed E-state index contributed by atoms with van der Waals surface area (Å²) in [4.78, 5) is 224. The van der Waals surface area contributed by atoms with Crippen LogP contribution in [0.3, 0.4) is 0 Å². The highest BCUT2D eigenvalue weighted by molar-refractivity contribution is 6.01. The molecule has 39 nitrogen and oxygen atoms in total. The highest BCUT2D eigenvalue weighted by atomic mass is 16.5. The highest BCUT2D eigenvalue weighted by Crippen LogP contribution is 2.27. The van der Waals surface area contributed by atoms with E-state index in [0.717, 1.165) is 58.3 Å². The van der Waals surface area contributed by atoms with E-state index in [0.29, 0.717) is 0 Å². The number of methoxy groups -OCH3 is 2. The molecule has 4 unspecified atom stereocenters. The van der Waals surface area contributed by atoms with Crippen LogP contribution in [0, 0.1) is 29.6 Å². The van der Waals surface area contributed by atoms with Crippen molar-refractivity contribution in [3.05, 3.63) is 42.0 Å². The molecule has 0 bridgehead atoms. The monoisotopic (exact) mass is 1500 g/mol. The summed E-state index contributed by atoms with van der Waals surface area (Å²) in [5.74, 6) is -22.9. The van der Waals surface area contributed by atoms with E-state index < -0.39 is 242 Å². The average Bonchev–Trinajstić information content (AvgIpc) is 0.826. The van der Waals surface area contributed by atoms with Crippen molar-refractivity contribution >= 4 is 94.6 Å². The summed E-state index contributed by atoms with van der Waals surface area (Å²) in [5.41, 5.74) is 28.3. The molecular weight excluding hydrogens is 1400 g/mol. The van der Waals surface area contributed by atoms with Crippen LogP contribution in [0.25, 0.3) is 0 Å². The minimum atomic E-state index is -2.55. The number of ether oxygens (including phenoxy) is 3. The number of cyclic esters (lactones) is 1. The van der Waals surface area contributed by atoms with Gasteiger partial charge in [-0.3, -0.25) is 71.9 Å². The Hall–Kier alpha value is -9.96. The molecule has 0 spiro atoms. The van der Waals surface area contributed by atoms with Crippen LogP contribution in [0.2, 0.25) is 0 Å². The largest absolute Gasteiger partial charge is 0.508 e. The third-order valence-corrected chi connectivity index (χ3v) is 17.4. The van der Waals surface area contributed by atoms with Crippen LogP contribution in [0.15, 0.2) is 36.4 Å². The van der Waals surface area contributed by atoms with Crippen molar-refractivity contribution in [1.82, 2.24) is 57.7 Å². The van der Waals surface area contributed by atoms with E-state index in [1.54, 1.807) is 19.9 Å². The average molecular weight is 1510 g/mol. The molecule has 594 valence electrons. The van der Waals surface area contributed by atoms with E-state index in [-0.39, 0.29) is 35.5 Å². The molecule has 1 fully saturated rings. The van der Waals surface area contributed by atoms with Gasteiger partial charge in [-0.2, -0.15) is 0 Å². The maximum atomic E-state index is 15.1. The molecule has 2 rings (SSSR count). The van der Waals surface area contributed by atoms with Crippen LogP contribution in [-0.2, 0) is 90.9 Å². The zero-order valence-corrected chi connectivity index (χ0v) is 62.1. The number of nitrogens with one attached hydrogen (secondary N) is 9. The van der Waals surface area contributed by atoms with Gasteiger partial charge in [0.05, 0.1) is 38.2 Å². The molecule has 1 aromatic carbocycles. The Morgan fingerprint density at radius 1 is 0.660 bits per heavy atom. The molecule has 23 N–H and O–H groups in total. The van der Waals surface area contributed by atoms with Crippen LogP contribution in [0.1, 0.15) is 119 Å². The second-order valence-corrected chi connectivity index (χ2v) is 27.2. The first-order valence-electron chi connectivity index (χ1n) is 34.2. The van der Waals surface area contributed by atoms with Gasteiger partial charge in [0.1, 0.15) is 78.4 Å². The number of phenols is 1. The van der Waals surface area contributed by atoms with Crippen LogP contribution in [0.4, 0.5) is 0 Å². The van der Waals surface area contributed by atoms with Crippen molar-refractivity contribution in [3.63, 3.8) is 0 Å². The van der Waals surface area contributed by atoms with Crippen molar-refractivity contribution in [1.29, 1.82) is 0 Å². The van der Waals surface area contributed by atoms with Crippen LogP contribution in [-0.4, -0.2) is 257 Å². The topological polar surface area (TPSA) is 627 Å². The van der Waals surface area contributed by atoms with Crippen molar-refractivity contribution in [2.24, 2.45) is 58.3 Å². The summed E-state index contributed by atoms with van der Waals surface area (Å²) in [6.07, 6.45) is -8.90. The lowest BCUT2D eigenvalue weighted by Gasteiger charge is -2.36. The minimum Gasteiger partial charge on any atom is -0.508 e. The molecule has 0 aliphatic carbocycles. The van der Waals surface area contributed by atoms with Crippen LogP contribution < -0.4 is 76.5 Å². The van der Waals surface area contributed by atoms with Crippen molar-refractivity contribution < 1.29 is 111 Å². The Morgan fingerprint density at radius 3 is 1.76 bits per heavy atom. The number of amides is 15. The molecule has 0 radical (unpaired) electrons. The van der Waals surface area contributed by atoms with Gasteiger partial charge in [0, 0.05) is 46.7 Å². The van der Waals surface area contributed by atoms with Gasteiger partial charge in [-0.1, -0.05) is 72.8 Å². The van der Waals surface area contributed by atoms with E-state index >= 15 is 9.59 Å². The number of primary amides is 4. The summed E-state index contributed by atoms with van der Waals surface area (Å²) >= 11 is 0. The van der Waals surface area contributed by atoms with Crippen LogP contribution >= 0.6 is 0 Å². The second kappa shape index (κ2) is 43.5. The Balaban J connectivity index is 2.91. The zero-order valence-electron chi connectivity index (χ0n) is 62.1. The third kappa shape index (κ3) is 28.8. The molecule has 0 saturated carbocycles. The SMILES string of the molecule is COC[C@H]1NC(=O)[C@H](NC(=O)[C@@H](NC(=O)[C@@H](NC(=O)[C@H](NC(=O)[C@H](NC(=O)CC(O)/C=C\C(C)CC(C)C)[C@H](O)C(N)=O)[C@H](O)CC(N)=O)[C@H](C)N)[C@@H](C)C(C)C(N)=O)[C@@H](C)OC(=O)[C@H](C)N(C)C(=O)C([C@H](OC)c2ccc(O)cc2)NC(=O)[C@H](CCC(N)=O)N(C)C(=O)[C@H](CC(C)C)NC(=O)CNC1=O. The lowest BCUT2D eigenvalue weighted by Crippen LogP contribution is -2.66. The zero-order chi connectivity index (χ0) is 81.1. The minimum absolute atomic E-state index is 0.0315. The Kier molecular flexibility index (Phi) is 37.8. The van der Waals surface area contributed by atoms with Gasteiger partial charge in [0.15, 0.2) is 6.10 Å². The number of allylic oxidation sites excluding steroid dienone is 1. The highest BCUT2D eigenvalue weighted by Gasteiger charge is 2.45. The van der Waals surface area contributed by atoms with Gasteiger partial charge in [-0.15, -0.1) is 0 Å². The summed E-state index contributed by atoms with van der Waals surface area (Å²) in [6, 6.07) is -15.9. The number of aromatic hydroxyl groups is 1. The fraction of sp³-hybridized carbons (Fsp3) is 0.642. The number of esters is 1. The number of carbonyl (C=O) groups is 16. The van der Waals surface area contributed by atoms with Gasteiger partial charge >= 0.3 is 5.97 Å². The van der Waals surface area contributed by atoms with Gasteiger partial charge < -0.3 is 121 Å². The number of phenolic OH excluding ortho intramolecular Hbond substituents is 1. The molecular formula is C67H108N16O23. The number of nitrogens with zero attached hydrogens (tertiary/aromatic N) is 2. The predicted molar refractivity (Wildman–Crippen MR) is 375 cm³/mol. The maximum absolute atomic E-state index is 15.1. The Morgan fingerprint density at radius 2 is 1.24 bits per heavy atom. The first kappa shape index (κ1) is 92.1. The molecule has 1 heterocycles. The van der Waals surface area contributed by atoms with Gasteiger partial charge in [0.2, 0.25) is 88.6 Å². The number of hydrogen-bond donors (Lipinski definition) is 18. The van der Waals surface area contributed by atoms with E-state index in [2.05, 4.69) is 37.2 Å². The quantitative estimate of drug-likeness (QED) is 0.0225. The lowest BCUT2D eigenvalue weighted by molar-refractivity contribution is -0.161. The van der Waals surface area contributed by atoms with Crippen molar-refractivity contribution in [2.45, 2.75) is 205 Å². The van der Waals surface area contributed by atoms with Crippen LogP contribution in [0.5, 0.6) is 5.75 Å². The number of rotatable bonds is 34. The normalized spacial score (nSPS) is 22.6. The number of likely N-dealkylation sites (N-methyl/N-ethyl adjacent to an activating group) is 2. The second-order valence-electron chi connectivity index (χ2n) is 27.2. The Labute approximate surface area is 613 Å². The molecule has 1 saturated heterocycles. The first-order chi connectivity index (χ1) is 49.3. The van der Waals surface area contributed by atoms with Gasteiger partial charge in [-0.25, -0.2) is 4.79 Å². The predicted octanol–water partition coefficient (Wildman–Crippen LogP) is -7.17. The summed E-state index contributed by atoms with van der Waals surface area (Å²) in [7, 11) is 4.57. The van der Waals surface area contributed by atoms with E-state index in [1.165, 1.54) is 51.2 Å². The van der Waals surface area contributed by atoms with Crippen molar-refractivity contribution in [3.8, 4) is 5.75 Å². The number of aliphatic hydroxyl groups is 3. The fourth-order valence-electron chi connectivity index (χ4n) is 11.1. The number of benzene rings is 1. The molecule has 0 aromatic heterocycles. The van der Waals surface area contributed by atoms with Gasteiger partial charge in [-0.05, 0) is 81.4 Å². The fourth-order valence-corrected chi connectivity index (χ4v) is 11.1. The van der Waals surface area contributed by atoms with E-state index in [1.807, 2.05) is 31.4 Å². The maximum Gasteiger partial charge on any atom is 0.328 e. The third-order valence-electron chi connectivity index (χ3n) is 17.4. The molecule has 1 aromatic rings. The van der Waals surface area contributed by atoms with E-state index in [4.69, 9.17) is 42.9 Å². The standard InChI is InChI=1S/C67H108N16O23/c1-29(2)23-31(5)15-18-39(85)25-46(89)76-52(54(91)57(72)93)64(100)80-51(43(86)26-45(70)88)63(99)78-49(34(8)68)61(97)77-48(32(6)33(7)56(71)92)60(96)79-50-36(10)106-67(103)35(9)82(11)66(102)53(55(105-14)37-16-19-38(84)20-17-37)81-59(95)42(21-22-44(69)87)83(12)65(101)40(24-30(3)4)74-47(90)27-73-58(94)41(28-104-13)75-62(50)98/h15-20,29-36,39-43,48-55,84-86,91H,21-28,68H2,1-14H3,(H2,69,87)(H2,70,88)(H2,71,92)(H2,72,93)(H,73,94)(H,74,90)(H,75,98)(H,76,89)(H,77,97)(H,78,99)(H,79,96)(H,80,100)(H,81,95)/b18-15-/t31?,32-,33?,34-,35-,36+,39?,40-,41+,42-,43+,48-,49-,50+,51+,52+,53?,54-,55+/m0/s1. The lowest BCUT2D eigenvalue weighted by atomic mass is 9.87. The van der Waals surface area contributed by atoms with Crippen molar-refractivity contribution in [2.75, 3.05) is 41.5 Å². The molecule has 15 amide bonds. The Bertz CT molecular complexity index is 3300. The molecule has 19 atom stereocenters. The number of aliphatic hydroxyl groups excluding tert-OH is 3. The summed E-state index contributed by atoms with van der Waals surface area (Å²) < 4.78 is 16.8. The number of carbonyl (C=O) groups excluding carboxylic acids is 16. The number of nitrogens with two attached hydrogens (primary N) is 5. The molecule has 39 heteroatoms. The number of hydrogen-bond acceptors (Lipinski definition) is 24. The van der Waals surface area contributed by atoms with E-state index in [9.17, 15) is 87.5 Å². The van der Waals surface area contributed by atoms with Gasteiger partial charge in [0.25, 0.3) is 0 Å². The summed E-state index contributed by atoms with van der Waals surface area (Å²) in [6.45, 7) is 13.5. The molecule has 1 aliphatic heterocycles. The molecule has 1 aliphatic rings. The smallest absolute Gasteiger partial charge is 0.328 e.